The highest BCUT2D eigenvalue weighted by Gasteiger charge is 2.05. The Morgan fingerprint density at radius 3 is 2.88 bits per heavy atom. The van der Waals surface area contributed by atoms with Crippen molar-refractivity contribution < 1.29 is 13.9 Å². The third-order valence-corrected chi connectivity index (χ3v) is 2.09. The summed E-state index contributed by atoms with van der Waals surface area (Å²) >= 11 is 0. The number of ether oxygens (including phenoxy) is 1. The minimum Gasteiger partial charge on any atom is -0.497 e. The van der Waals surface area contributed by atoms with E-state index in [-0.39, 0.29) is 5.69 Å². The van der Waals surface area contributed by atoms with Crippen LogP contribution in [0.25, 0.3) is 11.0 Å². The summed E-state index contributed by atoms with van der Waals surface area (Å²) in [5.74, 6) is 0.627. The molecule has 0 saturated heterocycles. The summed E-state index contributed by atoms with van der Waals surface area (Å²) < 4.78 is 9.99. The van der Waals surface area contributed by atoms with Crippen molar-refractivity contribution in [3.63, 3.8) is 0 Å². The molecule has 5 nitrogen and oxygen atoms in total. The lowest BCUT2D eigenvalue weighted by Crippen LogP contribution is -1.97. The summed E-state index contributed by atoms with van der Waals surface area (Å²) in [5.41, 5.74) is -0.326. The third kappa shape index (κ3) is 1.71. The number of aliphatic imine (C=N–C) groups is 1. The van der Waals surface area contributed by atoms with Gasteiger partial charge in [-0.2, -0.15) is 4.99 Å². The summed E-state index contributed by atoms with van der Waals surface area (Å²) in [7, 11) is 1.53. The fourth-order valence-corrected chi connectivity index (χ4v) is 1.34. The summed E-state index contributed by atoms with van der Waals surface area (Å²) in [6.07, 6.45) is 1.30. The Labute approximate surface area is 90.0 Å². The van der Waals surface area contributed by atoms with Crippen LogP contribution in [0.15, 0.2) is 38.5 Å². The van der Waals surface area contributed by atoms with Crippen LogP contribution in [0.4, 0.5) is 5.69 Å². The maximum atomic E-state index is 11.3. The predicted molar refractivity (Wildman–Crippen MR) is 56.8 cm³/mol. The summed E-state index contributed by atoms with van der Waals surface area (Å²) in [6, 6.07) is 6.43. The normalized spacial score (nSPS) is 9.81. The molecular weight excluding hydrogens is 210 g/mol. The molecule has 0 aliphatic carbocycles. The molecule has 0 aliphatic rings. The van der Waals surface area contributed by atoms with E-state index < -0.39 is 5.63 Å². The van der Waals surface area contributed by atoms with Crippen LogP contribution < -0.4 is 10.4 Å². The number of benzene rings is 1. The van der Waals surface area contributed by atoms with Gasteiger partial charge in [0, 0.05) is 5.39 Å². The van der Waals surface area contributed by atoms with Crippen LogP contribution in [0.3, 0.4) is 0 Å². The van der Waals surface area contributed by atoms with Gasteiger partial charge in [0.25, 0.3) is 0 Å². The van der Waals surface area contributed by atoms with Gasteiger partial charge in [0.05, 0.1) is 7.11 Å². The topological polar surface area (TPSA) is 68.9 Å². The van der Waals surface area contributed by atoms with E-state index in [1.807, 2.05) is 0 Å². The molecule has 0 unspecified atom stereocenters. The van der Waals surface area contributed by atoms with Crippen molar-refractivity contribution in [3.05, 3.63) is 34.7 Å². The fraction of sp³-hybridized carbons (Fsp3) is 0.0909. The van der Waals surface area contributed by atoms with Crippen LogP contribution in [0.5, 0.6) is 5.75 Å². The molecular formula is C11H7NO4. The first-order chi connectivity index (χ1) is 7.74. The van der Waals surface area contributed by atoms with Gasteiger partial charge in [0.15, 0.2) is 5.69 Å². The molecule has 0 N–H and O–H groups in total. The highest BCUT2D eigenvalue weighted by molar-refractivity contribution is 5.80. The number of carbonyl (C=O) groups excluding carboxylic acids is 1. The summed E-state index contributed by atoms with van der Waals surface area (Å²) in [6.45, 7) is 0. The van der Waals surface area contributed by atoms with Crippen molar-refractivity contribution in [2.24, 2.45) is 4.99 Å². The van der Waals surface area contributed by atoms with Gasteiger partial charge in [-0.25, -0.2) is 9.59 Å². The lowest BCUT2D eigenvalue weighted by molar-refractivity contribution is 0.415. The van der Waals surface area contributed by atoms with Crippen molar-refractivity contribution in [2.45, 2.75) is 0 Å². The van der Waals surface area contributed by atoms with Crippen molar-refractivity contribution in [1.82, 2.24) is 0 Å². The second-order valence-corrected chi connectivity index (χ2v) is 3.03. The quantitative estimate of drug-likeness (QED) is 0.436. The van der Waals surface area contributed by atoms with Crippen molar-refractivity contribution in [2.75, 3.05) is 7.11 Å². The van der Waals surface area contributed by atoms with Crippen molar-refractivity contribution in [1.29, 1.82) is 0 Å². The first kappa shape index (κ1) is 10.1. The Morgan fingerprint density at radius 1 is 1.38 bits per heavy atom. The minimum atomic E-state index is -0.666. The number of hydrogen-bond acceptors (Lipinski definition) is 5. The minimum absolute atomic E-state index is 0.0734. The molecule has 0 aliphatic heterocycles. The Hall–Kier alpha value is -2.39. The van der Waals surface area contributed by atoms with Gasteiger partial charge in [-0.1, -0.05) is 0 Å². The van der Waals surface area contributed by atoms with E-state index in [2.05, 4.69) is 4.99 Å². The average Bonchev–Trinajstić information content (AvgIpc) is 2.30. The van der Waals surface area contributed by atoms with Gasteiger partial charge in [-0.15, -0.1) is 0 Å². The van der Waals surface area contributed by atoms with Crippen LogP contribution in [0.1, 0.15) is 0 Å². The number of isocyanates is 1. The Balaban J connectivity index is 2.75. The molecule has 0 saturated carbocycles. The largest absolute Gasteiger partial charge is 0.497 e. The number of nitrogens with zero attached hydrogens (tertiary/aromatic N) is 1. The van der Waals surface area contributed by atoms with E-state index >= 15 is 0 Å². The molecule has 0 amide bonds. The van der Waals surface area contributed by atoms with Crippen LogP contribution in [-0.2, 0) is 4.79 Å². The molecule has 0 bridgehead atoms. The highest BCUT2D eigenvalue weighted by atomic mass is 16.5. The Bertz CT molecular complexity index is 638. The molecule has 0 radical (unpaired) electrons. The third-order valence-electron chi connectivity index (χ3n) is 2.09. The standard InChI is InChI=1S/C11H7NO4/c1-15-8-2-3-10-7(4-8)5-9(12-6-13)11(14)16-10/h2-5H,1H3. The van der Waals surface area contributed by atoms with Gasteiger partial charge in [0.1, 0.15) is 11.3 Å². The number of methoxy groups -OCH3 is 1. The van der Waals surface area contributed by atoms with Gasteiger partial charge < -0.3 is 9.15 Å². The molecule has 1 aromatic heterocycles. The van der Waals surface area contributed by atoms with Crippen molar-refractivity contribution in [3.8, 4) is 5.75 Å². The Kier molecular flexibility index (Phi) is 2.54. The van der Waals surface area contributed by atoms with Gasteiger partial charge in [0.2, 0.25) is 6.08 Å². The molecule has 0 spiro atoms. The zero-order valence-corrected chi connectivity index (χ0v) is 8.39. The molecule has 5 heteroatoms. The molecule has 2 rings (SSSR count). The summed E-state index contributed by atoms with van der Waals surface area (Å²) in [4.78, 5) is 24.7. The van der Waals surface area contributed by atoms with E-state index in [9.17, 15) is 9.59 Å². The van der Waals surface area contributed by atoms with Crippen LogP contribution in [0.2, 0.25) is 0 Å². The van der Waals surface area contributed by atoms with E-state index in [0.717, 1.165) is 0 Å². The second-order valence-electron chi connectivity index (χ2n) is 3.03. The van der Waals surface area contributed by atoms with Gasteiger partial charge in [-0.3, -0.25) is 0 Å². The molecule has 0 atom stereocenters. The van der Waals surface area contributed by atoms with Crippen molar-refractivity contribution >= 4 is 22.7 Å². The lowest BCUT2D eigenvalue weighted by Gasteiger charge is -2.01. The smallest absolute Gasteiger partial charge is 0.363 e. The molecule has 2 aromatic rings. The maximum absolute atomic E-state index is 11.3. The molecule has 1 aromatic carbocycles. The number of hydrogen-bond donors (Lipinski definition) is 0. The van der Waals surface area contributed by atoms with Gasteiger partial charge in [-0.05, 0) is 24.3 Å². The molecule has 0 fully saturated rings. The highest BCUT2D eigenvalue weighted by Crippen LogP contribution is 2.22. The van der Waals surface area contributed by atoms with E-state index in [0.29, 0.717) is 16.7 Å². The van der Waals surface area contributed by atoms with Crippen LogP contribution in [-0.4, -0.2) is 13.2 Å². The number of fused-ring (bicyclic) bond motifs is 1. The maximum Gasteiger partial charge on any atom is 0.363 e. The zero-order valence-electron chi connectivity index (χ0n) is 8.39. The van der Waals surface area contributed by atoms with E-state index in [4.69, 9.17) is 9.15 Å². The zero-order chi connectivity index (χ0) is 11.5. The SMILES string of the molecule is COc1ccc2oc(=O)c(N=C=O)cc2c1. The molecule has 1 heterocycles. The monoisotopic (exact) mass is 217 g/mol. The Morgan fingerprint density at radius 2 is 2.19 bits per heavy atom. The first-order valence-corrected chi connectivity index (χ1v) is 4.44. The summed E-state index contributed by atoms with van der Waals surface area (Å²) in [5, 5.41) is 0.632. The first-order valence-electron chi connectivity index (χ1n) is 4.44. The predicted octanol–water partition coefficient (Wildman–Crippen LogP) is 1.77. The molecule has 16 heavy (non-hydrogen) atoms. The van der Waals surface area contributed by atoms with E-state index in [1.165, 1.54) is 19.3 Å². The van der Waals surface area contributed by atoms with E-state index in [1.54, 1.807) is 18.2 Å². The molecule has 80 valence electrons. The van der Waals surface area contributed by atoms with Crippen LogP contribution in [0, 0.1) is 0 Å². The number of rotatable bonds is 2. The van der Waals surface area contributed by atoms with Gasteiger partial charge >= 0.3 is 5.63 Å². The lowest BCUT2D eigenvalue weighted by atomic mass is 10.2. The average molecular weight is 217 g/mol. The van der Waals surface area contributed by atoms with Crippen LogP contribution >= 0.6 is 0 Å². The second kappa shape index (κ2) is 4.00. The fourth-order valence-electron chi connectivity index (χ4n) is 1.34.